The van der Waals surface area contributed by atoms with E-state index in [4.69, 9.17) is 0 Å². The first-order valence-corrected chi connectivity index (χ1v) is 9.37. The third kappa shape index (κ3) is 4.32. The Labute approximate surface area is 156 Å². The predicted octanol–water partition coefficient (Wildman–Crippen LogP) is 7.58. The molecule has 0 aliphatic rings. The van der Waals surface area contributed by atoms with E-state index in [1.54, 1.807) is 6.07 Å². The van der Waals surface area contributed by atoms with Crippen LogP contribution < -0.4 is 0 Å². The molecule has 0 aliphatic carbocycles. The summed E-state index contributed by atoms with van der Waals surface area (Å²) in [5, 5.41) is 0.171. The first kappa shape index (κ1) is 19.4. The quantitative estimate of drug-likeness (QED) is 0.227. The maximum atomic E-state index is 14.6. The molecular formula is C23H22F4. The fourth-order valence-corrected chi connectivity index (χ4v) is 3.35. The molecule has 4 heteroatoms. The molecule has 27 heavy (non-hydrogen) atoms. The maximum Gasteiger partial charge on any atom is 0.195 e. The van der Waals surface area contributed by atoms with Crippen molar-refractivity contribution in [3.63, 3.8) is 0 Å². The van der Waals surface area contributed by atoms with Crippen LogP contribution in [0.25, 0.3) is 21.9 Å². The van der Waals surface area contributed by atoms with Gasteiger partial charge in [-0.2, -0.15) is 0 Å². The highest BCUT2D eigenvalue weighted by Crippen LogP contribution is 2.30. The molecule has 0 bridgehead atoms. The van der Waals surface area contributed by atoms with E-state index in [1.165, 1.54) is 43.5 Å². The smallest absolute Gasteiger partial charge is 0.195 e. The summed E-state index contributed by atoms with van der Waals surface area (Å²) in [6, 6.07) is 10.4. The zero-order valence-electron chi connectivity index (χ0n) is 15.3. The third-order valence-electron chi connectivity index (χ3n) is 4.89. The molecule has 0 saturated carbocycles. The molecule has 0 spiro atoms. The summed E-state index contributed by atoms with van der Waals surface area (Å²) in [6.45, 7) is 2.17. The Hall–Kier alpha value is -2.36. The number of hydrogen-bond acceptors (Lipinski definition) is 0. The Morgan fingerprint density at radius 1 is 0.704 bits per heavy atom. The fraction of sp³-hybridized carbons (Fsp3) is 0.304. The number of benzene rings is 3. The maximum absolute atomic E-state index is 14.6. The van der Waals surface area contributed by atoms with Crippen molar-refractivity contribution in [3.8, 4) is 11.1 Å². The van der Waals surface area contributed by atoms with Crippen LogP contribution in [0.15, 0.2) is 42.5 Å². The van der Waals surface area contributed by atoms with E-state index in [2.05, 4.69) is 6.92 Å². The second kappa shape index (κ2) is 8.55. The van der Waals surface area contributed by atoms with Gasteiger partial charge in [0.05, 0.1) is 0 Å². The molecule has 142 valence electrons. The zero-order chi connectivity index (χ0) is 19.4. The van der Waals surface area contributed by atoms with E-state index in [-0.39, 0.29) is 16.6 Å². The van der Waals surface area contributed by atoms with E-state index >= 15 is 0 Å². The standard InChI is InChI=1S/C23H22F4/c1-2-3-4-5-6-7-15-8-10-18(20(24)12-15)16-9-11-19-17(13-16)14-21(25)23(27)22(19)26/h8-14H,2-7H2,1H3. The van der Waals surface area contributed by atoms with Crippen LogP contribution in [0.1, 0.15) is 44.6 Å². The van der Waals surface area contributed by atoms with E-state index in [0.717, 1.165) is 30.9 Å². The topological polar surface area (TPSA) is 0 Å². The molecule has 3 aromatic carbocycles. The van der Waals surface area contributed by atoms with E-state index in [0.29, 0.717) is 11.1 Å². The lowest BCUT2D eigenvalue weighted by Gasteiger charge is -2.09. The molecule has 0 N–H and O–H groups in total. The Morgan fingerprint density at radius 3 is 2.22 bits per heavy atom. The molecule has 3 rings (SSSR count). The van der Waals surface area contributed by atoms with Gasteiger partial charge < -0.3 is 0 Å². The molecule has 3 aromatic rings. The average Bonchev–Trinajstić information content (AvgIpc) is 2.66. The van der Waals surface area contributed by atoms with Crippen molar-refractivity contribution >= 4 is 10.8 Å². The molecule has 0 heterocycles. The second-order valence-electron chi connectivity index (χ2n) is 6.90. The lowest BCUT2D eigenvalue weighted by Crippen LogP contribution is -1.94. The molecule has 0 fully saturated rings. The van der Waals surface area contributed by atoms with Crippen molar-refractivity contribution in [2.45, 2.75) is 45.4 Å². The van der Waals surface area contributed by atoms with Crippen LogP contribution in [-0.2, 0) is 6.42 Å². The summed E-state index contributed by atoms with van der Waals surface area (Å²) < 4.78 is 55.2. The molecule has 0 unspecified atom stereocenters. The first-order valence-electron chi connectivity index (χ1n) is 9.37. The number of fused-ring (bicyclic) bond motifs is 1. The molecule has 0 radical (unpaired) electrons. The van der Waals surface area contributed by atoms with E-state index in [1.807, 2.05) is 6.07 Å². The predicted molar refractivity (Wildman–Crippen MR) is 102 cm³/mol. The first-order chi connectivity index (χ1) is 13.0. The van der Waals surface area contributed by atoms with Crippen molar-refractivity contribution < 1.29 is 17.6 Å². The summed E-state index contributed by atoms with van der Waals surface area (Å²) in [4.78, 5) is 0. The van der Waals surface area contributed by atoms with Crippen molar-refractivity contribution in [1.29, 1.82) is 0 Å². The van der Waals surface area contributed by atoms with Gasteiger partial charge in [-0.1, -0.05) is 56.9 Å². The summed E-state index contributed by atoms with van der Waals surface area (Å²) >= 11 is 0. The lowest BCUT2D eigenvalue weighted by molar-refractivity contribution is 0.453. The van der Waals surface area contributed by atoms with Crippen molar-refractivity contribution in [2.24, 2.45) is 0 Å². The highest BCUT2D eigenvalue weighted by atomic mass is 19.2. The Morgan fingerprint density at radius 2 is 1.48 bits per heavy atom. The van der Waals surface area contributed by atoms with E-state index in [9.17, 15) is 17.6 Å². The van der Waals surface area contributed by atoms with Gasteiger partial charge in [0.1, 0.15) is 5.82 Å². The van der Waals surface area contributed by atoms with Gasteiger partial charge in [-0.25, -0.2) is 17.6 Å². The molecule has 0 aromatic heterocycles. The Kier molecular flexibility index (Phi) is 6.15. The minimum absolute atomic E-state index is 0.0262. The summed E-state index contributed by atoms with van der Waals surface area (Å²) in [5.74, 6) is -4.35. The summed E-state index contributed by atoms with van der Waals surface area (Å²) in [7, 11) is 0. The SMILES string of the molecule is CCCCCCCc1ccc(-c2ccc3c(F)c(F)c(F)cc3c2)c(F)c1. The monoisotopic (exact) mass is 374 g/mol. The number of rotatable bonds is 7. The van der Waals surface area contributed by atoms with Crippen LogP contribution in [0.3, 0.4) is 0 Å². The number of unbranched alkanes of at least 4 members (excludes halogenated alkanes) is 4. The van der Waals surface area contributed by atoms with Crippen LogP contribution in [-0.4, -0.2) is 0 Å². The van der Waals surface area contributed by atoms with Gasteiger partial charge in [-0.05, 0) is 47.6 Å². The van der Waals surface area contributed by atoms with E-state index < -0.39 is 17.5 Å². The van der Waals surface area contributed by atoms with Gasteiger partial charge >= 0.3 is 0 Å². The van der Waals surface area contributed by atoms with Gasteiger partial charge in [0.25, 0.3) is 0 Å². The zero-order valence-corrected chi connectivity index (χ0v) is 15.3. The molecular weight excluding hydrogens is 352 g/mol. The molecule has 0 nitrogen and oxygen atoms in total. The summed E-state index contributed by atoms with van der Waals surface area (Å²) in [6.07, 6.45) is 6.60. The summed E-state index contributed by atoms with van der Waals surface area (Å²) in [5.41, 5.74) is 1.80. The highest BCUT2D eigenvalue weighted by molar-refractivity contribution is 5.88. The Bertz CT molecular complexity index is 947. The minimum atomic E-state index is -1.50. The number of aryl methyl sites for hydroxylation is 1. The lowest BCUT2D eigenvalue weighted by atomic mass is 9.98. The highest BCUT2D eigenvalue weighted by Gasteiger charge is 2.15. The molecule has 0 aliphatic heterocycles. The van der Waals surface area contributed by atoms with Crippen molar-refractivity contribution in [3.05, 3.63) is 71.3 Å². The average molecular weight is 374 g/mol. The third-order valence-corrected chi connectivity index (χ3v) is 4.89. The molecule has 0 amide bonds. The van der Waals surface area contributed by atoms with Crippen LogP contribution in [0.5, 0.6) is 0 Å². The van der Waals surface area contributed by atoms with Crippen LogP contribution in [0.2, 0.25) is 0 Å². The van der Waals surface area contributed by atoms with Crippen molar-refractivity contribution in [2.75, 3.05) is 0 Å². The van der Waals surface area contributed by atoms with Gasteiger partial charge in [0.15, 0.2) is 17.5 Å². The van der Waals surface area contributed by atoms with Crippen molar-refractivity contribution in [1.82, 2.24) is 0 Å². The van der Waals surface area contributed by atoms with Gasteiger partial charge in [-0.3, -0.25) is 0 Å². The molecule has 0 atom stereocenters. The normalized spacial score (nSPS) is 11.3. The van der Waals surface area contributed by atoms with Gasteiger partial charge in [-0.15, -0.1) is 0 Å². The molecule has 0 saturated heterocycles. The second-order valence-corrected chi connectivity index (χ2v) is 6.90. The largest absolute Gasteiger partial charge is 0.206 e. The van der Waals surface area contributed by atoms with Crippen LogP contribution >= 0.6 is 0 Å². The Balaban J connectivity index is 1.83. The van der Waals surface area contributed by atoms with Gasteiger partial charge in [0.2, 0.25) is 0 Å². The van der Waals surface area contributed by atoms with Crippen LogP contribution in [0, 0.1) is 23.3 Å². The minimum Gasteiger partial charge on any atom is -0.206 e. The van der Waals surface area contributed by atoms with Crippen LogP contribution in [0.4, 0.5) is 17.6 Å². The number of halogens is 4. The van der Waals surface area contributed by atoms with Gasteiger partial charge in [0, 0.05) is 10.9 Å². The number of hydrogen-bond donors (Lipinski definition) is 0. The fourth-order valence-electron chi connectivity index (χ4n) is 3.35.